The Labute approximate surface area is 116 Å². The Balaban J connectivity index is 2.72. The summed E-state index contributed by atoms with van der Waals surface area (Å²) in [5.41, 5.74) is 0.301. The maximum Gasteiger partial charge on any atom is 0.408 e. The molecule has 3 nitrogen and oxygen atoms in total. The fraction of sp³-hybridized carbons (Fsp3) is 0.357. The summed E-state index contributed by atoms with van der Waals surface area (Å²) in [7, 11) is 0. The second-order valence-corrected chi connectivity index (χ2v) is 5.71. The van der Waals surface area contributed by atoms with Crippen molar-refractivity contribution in [1.29, 1.82) is 0 Å². The normalized spacial score (nSPS) is 12.4. The minimum absolute atomic E-state index is 0.493. The van der Waals surface area contributed by atoms with E-state index in [1.54, 1.807) is 20.8 Å². The molecule has 0 aliphatic rings. The van der Waals surface area contributed by atoms with Gasteiger partial charge in [-0.1, -0.05) is 34.0 Å². The molecule has 0 heterocycles. The number of carbonyl (C=O) groups is 1. The molecule has 1 amide bonds. The summed E-state index contributed by atoms with van der Waals surface area (Å²) in [6.45, 7) is 5.41. The molecule has 0 fully saturated rings. The molecule has 0 aromatic heterocycles. The number of amides is 1. The molecule has 1 atom stereocenters. The molecule has 0 saturated carbocycles. The van der Waals surface area contributed by atoms with E-state index in [1.807, 2.05) is 24.3 Å². The first-order valence-corrected chi connectivity index (χ1v) is 6.32. The van der Waals surface area contributed by atoms with E-state index in [1.165, 1.54) is 0 Å². The summed E-state index contributed by atoms with van der Waals surface area (Å²) >= 11 is 3.34. The molecule has 1 rings (SSSR count). The van der Waals surface area contributed by atoms with Gasteiger partial charge in [0.05, 0.1) is 0 Å². The minimum atomic E-state index is -0.539. The molecule has 0 saturated heterocycles. The van der Waals surface area contributed by atoms with E-state index in [0.29, 0.717) is 0 Å². The van der Waals surface area contributed by atoms with Crippen LogP contribution < -0.4 is 5.32 Å². The largest absolute Gasteiger partial charge is 0.444 e. The Kier molecular flexibility index (Phi) is 4.80. The van der Waals surface area contributed by atoms with E-state index < -0.39 is 17.7 Å². The zero-order valence-electron chi connectivity index (χ0n) is 10.7. The van der Waals surface area contributed by atoms with Crippen LogP contribution in [0, 0.1) is 12.3 Å². The van der Waals surface area contributed by atoms with Crippen LogP contribution in [0.2, 0.25) is 0 Å². The smallest absolute Gasteiger partial charge is 0.408 e. The number of ether oxygens (including phenoxy) is 1. The van der Waals surface area contributed by atoms with Gasteiger partial charge < -0.3 is 10.1 Å². The quantitative estimate of drug-likeness (QED) is 0.847. The molecule has 4 heteroatoms. The third-order valence-electron chi connectivity index (χ3n) is 2.03. The third kappa shape index (κ3) is 4.80. The van der Waals surface area contributed by atoms with Crippen LogP contribution in [0.4, 0.5) is 4.79 Å². The number of terminal acetylenes is 1. The van der Waals surface area contributed by atoms with Crippen LogP contribution in [0.3, 0.4) is 0 Å². The molecule has 1 aromatic rings. The average molecular weight is 310 g/mol. The van der Waals surface area contributed by atoms with Gasteiger partial charge in [0.15, 0.2) is 0 Å². The minimum Gasteiger partial charge on any atom is -0.444 e. The predicted molar refractivity (Wildman–Crippen MR) is 75.1 cm³/mol. The summed E-state index contributed by atoms with van der Waals surface area (Å²) < 4.78 is 6.12. The highest BCUT2D eigenvalue weighted by molar-refractivity contribution is 9.10. The maximum atomic E-state index is 11.6. The Morgan fingerprint density at radius 1 is 1.39 bits per heavy atom. The number of hydrogen-bond acceptors (Lipinski definition) is 2. The molecule has 0 aliphatic heterocycles. The van der Waals surface area contributed by atoms with Crippen LogP contribution in [-0.2, 0) is 4.74 Å². The molecule has 1 N–H and O–H groups in total. The highest BCUT2D eigenvalue weighted by Crippen LogP contribution is 2.17. The number of hydrogen-bond donors (Lipinski definition) is 1. The zero-order valence-corrected chi connectivity index (χ0v) is 12.2. The Hall–Kier alpha value is -1.47. The van der Waals surface area contributed by atoms with Crippen LogP contribution in [-0.4, -0.2) is 11.7 Å². The Morgan fingerprint density at radius 2 is 1.94 bits per heavy atom. The topological polar surface area (TPSA) is 38.3 Å². The van der Waals surface area contributed by atoms with Crippen LogP contribution in [0.1, 0.15) is 32.4 Å². The van der Waals surface area contributed by atoms with E-state index in [4.69, 9.17) is 11.2 Å². The van der Waals surface area contributed by atoms with Gasteiger partial charge in [-0.2, -0.15) is 0 Å². The standard InChI is InChI=1S/C14H16BrNO2/c1-5-12(10-6-8-11(15)9-7-10)16-13(17)18-14(2,3)4/h1,6-9,12H,2-4H3,(H,16,17). The van der Waals surface area contributed by atoms with Gasteiger partial charge in [-0.15, -0.1) is 6.42 Å². The van der Waals surface area contributed by atoms with E-state index >= 15 is 0 Å². The van der Waals surface area contributed by atoms with Crippen molar-refractivity contribution in [1.82, 2.24) is 5.32 Å². The molecule has 0 spiro atoms. The first kappa shape index (κ1) is 14.6. The first-order valence-electron chi connectivity index (χ1n) is 5.53. The van der Waals surface area contributed by atoms with Gasteiger partial charge in [0, 0.05) is 4.47 Å². The van der Waals surface area contributed by atoms with Crippen molar-refractivity contribution < 1.29 is 9.53 Å². The number of halogens is 1. The molecule has 0 aliphatic carbocycles. The van der Waals surface area contributed by atoms with Crippen molar-refractivity contribution in [2.24, 2.45) is 0 Å². The van der Waals surface area contributed by atoms with Crippen molar-refractivity contribution in [3.63, 3.8) is 0 Å². The van der Waals surface area contributed by atoms with Gasteiger partial charge in [0.1, 0.15) is 11.6 Å². The van der Waals surface area contributed by atoms with Crippen molar-refractivity contribution in [3.8, 4) is 12.3 Å². The van der Waals surface area contributed by atoms with E-state index in [2.05, 4.69) is 27.2 Å². The highest BCUT2D eigenvalue weighted by Gasteiger charge is 2.19. The lowest BCUT2D eigenvalue weighted by molar-refractivity contribution is 0.0516. The zero-order chi connectivity index (χ0) is 13.8. The molecule has 1 unspecified atom stereocenters. The predicted octanol–water partition coefficient (Wildman–Crippen LogP) is 3.65. The fourth-order valence-corrected chi connectivity index (χ4v) is 1.57. The summed E-state index contributed by atoms with van der Waals surface area (Å²) in [4.78, 5) is 11.6. The first-order chi connectivity index (χ1) is 8.31. The van der Waals surface area contributed by atoms with E-state index in [9.17, 15) is 4.79 Å². The number of nitrogens with one attached hydrogen (secondary N) is 1. The van der Waals surface area contributed by atoms with Gasteiger partial charge in [0.2, 0.25) is 0 Å². The summed E-state index contributed by atoms with van der Waals surface area (Å²) in [6.07, 6.45) is 4.90. The lowest BCUT2D eigenvalue weighted by atomic mass is 10.1. The molecular formula is C14H16BrNO2. The molecule has 0 radical (unpaired) electrons. The summed E-state index contributed by atoms with van der Waals surface area (Å²) in [5, 5.41) is 2.65. The Bertz CT molecular complexity index is 454. The molecule has 18 heavy (non-hydrogen) atoms. The van der Waals surface area contributed by atoms with Gasteiger partial charge in [-0.3, -0.25) is 0 Å². The van der Waals surface area contributed by atoms with Crippen LogP contribution in [0.15, 0.2) is 28.7 Å². The van der Waals surface area contributed by atoms with Crippen molar-refractivity contribution in [2.75, 3.05) is 0 Å². The SMILES string of the molecule is C#CC(NC(=O)OC(C)(C)C)c1ccc(Br)cc1. The van der Waals surface area contributed by atoms with Crippen molar-refractivity contribution >= 4 is 22.0 Å². The fourth-order valence-electron chi connectivity index (χ4n) is 1.30. The second kappa shape index (κ2) is 5.92. The summed E-state index contributed by atoms with van der Waals surface area (Å²) in [6, 6.07) is 6.96. The van der Waals surface area contributed by atoms with Crippen molar-refractivity contribution in [2.45, 2.75) is 32.4 Å². The van der Waals surface area contributed by atoms with Crippen LogP contribution in [0.5, 0.6) is 0 Å². The van der Waals surface area contributed by atoms with Crippen molar-refractivity contribution in [3.05, 3.63) is 34.3 Å². The van der Waals surface area contributed by atoms with Gasteiger partial charge in [0.25, 0.3) is 0 Å². The van der Waals surface area contributed by atoms with Gasteiger partial charge >= 0.3 is 6.09 Å². The highest BCUT2D eigenvalue weighted by atomic mass is 79.9. The molecular weight excluding hydrogens is 294 g/mol. The average Bonchev–Trinajstić information content (AvgIpc) is 2.25. The number of benzene rings is 1. The molecule has 96 valence electrons. The van der Waals surface area contributed by atoms with E-state index in [0.717, 1.165) is 10.0 Å². The maximum absolute atomic E-state index is 11.6. The van der Waals surface area contributed by atoms with E-state index in [-0.39, 0.29) is 0 Å². The van der Waals surface area contributed by atoms with Gasteiger partial charge in [-0.05, 0) is 38.5 Å². The number of rotatable bonds is 2. The summed E-state index contributed by atoms with van der Waals surface area (Å²) in [5.74, 6) is 2.53. The lowest BCUT2D eigenvalue weighted by Crippen LogP contribution is -2.34. The monoisotopic (exact) mass is 309 g/mol. The van der Waals surface area contributed by atoms with Crippen LogP contribution in [0.25, 0.3) is 0 Å². The van der Waals surface area contributed by atoms with Gasteiger partial charge in [-0.25, -0.2) is 4.79 Å². The molecule has 1 aromatic carbocycles. The van der Waals surface area contributed by atoms with Crippen LogP contribution >= 0.6 is 15.9 Å². The molecule has 0 bridgehead atoms. The third-order valence-corrected chi connectivity index (χ3v) is 2.56. The number of alkyl carbamates (subject to hydrolysis) is 1. The lowest BCUT2D eigenvalue weighted by Gasteiger charge is -2.21. The Morgan fingerprint density at radius 3 is 2.39 bits per heavy atom. The number of carbonyl (C=O) groups excluding carboxylic acids is 1. The second-order valence-electron chi connectivity index (χ2n) is 4.80.